The number of hydrogen-bond acceptors (Lipinski definition) is 4. The number of nitrogens with one attached hydrogen (secondary N) is 2. The highest BCUT2D eigenvalue weighted by molar-refractivity contribution is 5.94. The summed E-state index contributed by atoms with van der Waals surface area (Å²) >= 11 is 0. The Balaban J connectivity index is 1.66. The Kier molecular flexibility index (Phi) is 6.42. The average Bonchev–Trinajstić information content (AvgIpc) is 3.08. The molecule has 128 valence electrons. The van der Waals surface area contributed by atoms with Gasteiger partial charge in [-0.15, -0.1) is 0 Å². The molecule has 0 aliphatic heterocycles. The number of rotatable bonds is 8. The Morgan fingerprint density at radius 1 is 1.12 bits per heavy atom. The SMILES string of the molecule is CC(C)Oc1ccc(CCNC(=O)CNC(=O)c2ccco2)cc1. The van der Waals surface area contributed by atoms with Crippen LogP contribution in [-0.4, -0.2) is 31.0 Å². The summed E-state index contributed by atoms with van der Waals surface area (Å²) < 4.78 is 10.5. The standard InChI is InChI=1S/C18H22N2O4/c1-13(2)24-15-7-5-14(6-8-15)9-10-19-17(21)12-20-18(22)16-4-3-11-23-16/h3-8,11,13H,9-10,12H2,1-2H3,(H,19,21)(H,20,22). The van der Waals surface area contributed by atoms with Gasteiger partial charge in [0.05, 0.1) is 18.9 Å². The van der Waals surface area contributed by atoms with Crippen LogP contribution in [0.1, 0.15) is 30.0 Å². The summed E-state index contributed by atoms with van der Waals surface area (Å²) in [6.07, 6.45) is 2.26. The van der Waals surface area contributed by atoms with Gasteiger partial charge in [-0.1, -0.05) is 12.1 Å². The minimum atomic E-state index is -0.407. The van der Waals surface area contributed by atoms with Crippen LogP contribution in [0.15, 0.2) is 47.1 Å². The van der Waals surface area contributed by atoms with E-state index in [9.17, 15) is 9.59 Å². The molecule has 0 bridgehead atoms. The van der Waals surface area contributed by atoms with Crippen molar-refractivity contribution in [3.8, 4) is 5.75 Å². The van der Waals surface area contributed by atoms with Crippen molar-refractivity contribution in [2.45, 2.75) is 26.4 Å². The van der Waals surface area contributed by atoms with Crippen LogP contribution < -0.4 is 15.4 Å². The van der Waals surface area contributed by atoms with E-state index in [0.29, 0.717) is 13.0 Å². The molecule has 0 fully saturated rings. The van der Waals surface area contributed by atoms with Crippen molar-refractivity contribution >= 4 is 11.8 Å². The molecular formula is C18H22N2O4. The normalized spacial score (nSPS) is 10.5. The van der Waals surface area contributed by atoms with Gasteiger partial charge < -0.3 is 19.8 Å². The van der Waals surface area contributed by atoms with E-state index in [2.05, 4.69) is 10.6 Å². The van der Waals surface area contributed by atoms with E-state index in [-0.39, 0.29) is 24.3 Å². The van der Waals surface area contributed by atoms with Crippen molar-refractivity contribution in [2.24, 2.45) is 0 Å². The maximum atomic E-state index is 11.7. The van der Waals surface area contributed by atoms with E-state index in [4.69, 9.17) is 9.15 Å². The van der Waals surface area contributed by atoms with Crippen molar-refractivity contribution in [1.29, 1.82) is 0 Å². The highest BCUT2D eigenvalue weighted by Gasteiger charge is 2.09. The Morgan fingerprint density at radius 2 is 1.88 bits per heavy atom. The molecule has 0 aliphatic carbocycles. The van der Waals surface area contributed by atoms with E-state index in [0.717, 1.165) is 11.3 Å². The van der Waals surface area contributed by atoms with E-state index >= 15 is 0 Å². The van der Waals surface area contributed by atoms with Gasteiger partial charge in [-0.2, -0.15) is 0 Å². The number of ether oxygens (including phenoxy) is 1. The molecule has 2 aromatic rings. The molecule has 0 unspecified atom stereocenters. The second-order valence-corrected chi connectivity index (χ2v) is 5.57. The zero-order chi connectivity index (χ0) is 17.4. The van der Waals surface area contributed by atoms with Crippen LogP contribution in [0.3, 0.4) is 0 Å². The second kappa shape index (κ2) is 8.76. The van der Waals surface area contributed by atoms with Gasteiger partial charge in [0, 0.05) is 6.54 Å². The lowest BCUT2D eigenvalue weighted by molar-refractivity contribution is -0.120. The molecule has 24 heavy (non-hydrogen) atoms. The van der Waals surface area contributed by atoms with E-state index in [1.165, 1.54) is 6.26 Å². The Labute approximate surface area is 141 Å². The minimum absolute atomic E-state index is 0.0826. The van der Waals surface area contributed by atoms with Crippen molar-refractivity contribution in [2.75, 3.05) is 13.1 Å². The van der Waals surface area contributed by atoms with Gasteiger partial charge in [0.15, 0.2) is 5.76 Å². The zero-order valence-electron chi connectivity index (χ0n) is 13.9. The molecule has 2 N–H and O–H groups in total. The van der Waals surface area contributed by atoms with Gasteiger partial charge >= 0.3 is 0 Å². The fourth-order valence-electron chi connectivity index (χ4n) is 2.07. The third-order valence-corrected chi connectivity index (χ3v) is 3.19. The smallest absolute Gasteiger partial charge is 0.287 e. The quantitative estimate of drug-likeness (QED) is 0.777. The lowest BCUT2D eigenvalue weighted by Crippen LogP contribution is -2.37. The van der Waals surface area contributed by atoms with Gasteiger partial charge in [-0.3, -0.25) is 9.59 Å². The van der Waals surface area contributed by atoms with E-state index in [1.54, 1.807) is 12.1 Å². The van der Waals surface area contributed by atoms with Crippen LogP contribution in [0, 0.1) is 0 Å². The van der Waals surface area contributed by atoms with Crippen molar-refractivity contribution in [3.05, 3.63) is 54.0 Å². The van der Waals surface area contributed by atoms with Crippen molar-refractivity contribution in [3.63, 3.8) is 0 Å². The van der Waals surface area contributed by atoms with Crippen LogP contribution in [0.4, 0.5) is 0 Å². The second-order valence-electron chi connectivity index (χ2n) is 5.57. The highest BCUT2D eigenvalue weighted by Crippen LogP contribution is 2.13. The van der Waals surface area contributed by atoms with Crippen LogP contribution >= 0.6 is 0 Å². The highest BCUT2D eigenvalue weighted by atomic mass is 16.5. The van der Waals surface area contributed by atoms with Crippen LogP contribution in [0.2, 0.25) is 0 Å². The summed E-state index contributed by atoms with van der Waals surface area (Å²) in [5, 5.41) is 5.26. The number of hydrogen-bond donors (Lipinski definition) is 2. The van der Waals surface area contributed by atoms with Gasteiger partial charge in [-0.25, -0.2) is 0 Å². The first kappa shape index (κ1) is 17.6. The minimum Gasteiger partial charge on any atom is -0.491 e. The van der Waals surface area contributed by atoms with Crippen molar-refractivity contribution in [1.82, 2.24) is 10.6 Å². The molecule has 0 saturated carbocycles. The van der Waals surface area contributed by atoms with E-state index < -0.39 is 5.91 Å². The fraction of sp³-hybridized carbons (Fsp3) is 0.333. The van der Waals surface area contributed by atoms with Crippen LogP contribution in [-0.2, 0) is 11.2 Å². The number of carbonyl (C=O) groups is 2. The molecular weight excluding hydrogens is 308 g/mol. The fourth-order valence-corrected chi connectivity index (χ4v) is 2.07. The van der Waals surface area contributed by atoms with Crippen LogP contribution in [0.25, 0.3) is 0 Å². The third-order valence-electron chi connectivity index (χ3n) is 3.19. The molecule has 6 heteroatoms. The summed E-state index contributed by atoms with van der Waals surface area (Å²) in [5.41, 5.74) is 1.10. The zero-order valence-corrected chi connectivity index (χ0v) is 13.9. The number of carbonyl (C=O) groups excluding carboxylic acids is 2. The number of amides is 2. The Bertz CT molecular complexity index is 648. The predicted octanol–water partition coefficient (Wildman–Crippen LogP) is 2.16. The largest absolute Gasteiger partial charge is 0.491 e. The number of furan rings is 1. The molecule has 2 rings (SSSR count). The van der Waals surface area contributed by atoms with Gasteiger partial charge in [-0.05, 0) is 50.1 Å². The van der Waals surface area contributed by atoms with E-state index in [1.807, 2.05) is 38.1 Å². The number of benzene rings is 1. The topological polar surface area (TPSA) is 80.6 Å². The average molecular weight is 330 g/mol. The predicted molar refractivity (Wildman–Crippen MR) is 90.0 cm³/mol. The molecule has 0 saturated heterocycles. The maximum Gasteiger partial charge on any atom is 0.287 e. The summed E-state index contributed by atoms with van der Waals surface area (Å²) in [6.45, 7) is 4.38. The molecule has 1 heterocycles. The maximum absolute atomic E-state index is 11.7. The first-order valence-corrected chi connectivity index (χ1v) is 7.88. The molecule has 0 aliphatic rings. The first-order valence-electron chi connectivity index (χ1n) is 7.88. The first-order chi connectivity index (χ1) is 11.5. The Hall–Kier alpha value is -2.76. The molecule has 2 amide bonds. The Morgan fingerprint density at radius 3 is 2.50 bits per heavy atom. The lowest BCUT2D eigenvalue weighted by Gasteiger charge is -2.10. The van der Waals surface area contributed by atoms with Crippen molar-refractivity contribution < 1.29 is 18.7 Å². The molecule has 0 radical (unpaired) electrons. The summed E-state index contributed by atoms with van der Waals surface area (Å²) in [4.78, 5) is 23.3. The van der Waals surface area contributed by atoms with Gasteiger partial charge in [0.1, 0.15) is 5.75 Å². The molecule has 1 aromatic heterocycles. The summed E-state index contributed by atoms with van der Waals surface area (Å²) in [5.74, 6) is 0.371. The molecule has 0 atom stereocenters. The van der Waals surface area contributed by atoms with Gasteiger partial charge in [0.2, 0.25) is 5.91 Å². The van der Waals surface area contributed by atoms with Gasteiger partial charge in [0.25, 0.3) is 5.91 Å². The summed E-state index contributed by atoms with van der Waals surface area (Å²) in [6, 6.07) is 10.9. The van der Waals surface area contributed by atoms with Crippen LogP contribution in [0.5, 0.6) is 5.75 Å². The lowest BCUT2D eigenvalue weighted by atomic mass is 10.1. The summed E-state index contributed by atoms with van der Waals surface area (Å²) in [7, 11) is 0. The molecule has 0 spiro atoms. The molecule has 1 aromatic carbocycles. The molecule has 6 nitrogen and oxygen atoms in total. The third kappa shape index (κ3) is 5.79. The monoisotopic (exact) mass is 330 g/mol.